The van der Waals surface area contributed by atoms with Crippen LogP contribution in [0.25, 0.3) is 0 Å². The lowest BCUT2D eigenvalue weighted by molar-refractivity contribution is -0.131. The van der Waals surface area contributed by atoms with Crippen LogP contribution in [0.15, 0.2) is 24.3 Å². The Balaban J connectivity index is 1.74. The van der Waals surface area contributed by atoms with Crippen molar-refractivity contribution >= 4 is 5.91 Å². The first-order valence-corrected chi connectivity index (χ1v) is 7.37. The van der Waals surface area contributed by atoms with Gasteiger partial charge >= 0.3 is 0 Å². The fourth-order valence-electron chi connectivity index (χ4n) is 2.47. The predicted molar refractivity (Wildman–Crippen MR) is 79.4 cm³/mol. The summed E-state index contributed by atoms with van der Waals surface area (Å²) in [4.78, 5) is 13.8. The molecule has 1 fully saturated rings. The minimum atomic E-state index is -0.674. The van der Waals surface area contributed by atoms with Gasteiger partial charge in [-0.05, 0) is 37.0 Å². The number of aliphatic hydroxyl groups excluding tert-OH is 1. The van der Waals surface area contributed by atoms with E-state index < -0.39 is 6.10 Å². The van der Waals surface area contributed by atoms with Crippen molar-refractivity contribution in [2.24, 2.45) is 0 Å². The number of piperidine rings is 1. The van der Waals surface area contributed by atoms with Gasteiger partial charge in [0.25, 0.3) is 0 Å². The molecule has 1 aliphatic rings. The van der Waals surface area contributed by atoms with Crippen LogP contribution in [0.5, 0.6) is 0 Å². The zero-order valence-electron chi connectivity index (χ0n) is 12.1. The Bertz CT molecular complexity index is 501. The van der Waals surface area contributed by atoms with Crippen molar-refractivity contribution in [1.29, 1.82) is 5.26 Å². The summed E-state index contributed by atoms with van der Waals surface area (Å²) < 4.78 is 0. The highest BCUT2D eigenvalue weighted by Crippen LogP contribution is 2.13. The molecule has 1 aliphatic heterocycles. The number of aliphatic hydroxyl groups is 1. The Hall–Kier alpha value is -1.90. The van der Waals surface area contributed by atoms with E-state index in [4.69, 9.17) is 5.26 Å². The SMILES string of the molecule is N#Cc1ccc(C(O)CNCC(=O)N2CCCCC2)cc1. The monoisotopic (exact) mass is 287 g/mol. The topological polar surface area (TPSA) is 76.4 Å². The average Bonchev–Trinajstić information content (AvgIpc) is 2.55. The lowest BCUT2D eigenvalue weighted by Crippen LogP contribution is -2.41. The van der Waals surface area contributed by atoms with Gasteiger partial charge in [-0.25, -0.2) is 0 Å². The lowest BCUT2D eigenvalue weighted by Gasteiger charge is -2.27. The molecular weight excluding hydrogens is 266 g/mol. The second-order valence-corrected chi connectivity index (χ2v) is 5.32. The van der Waals surface area contributed by atoms with Gasteiger partial charge in [0.15, 0.2) is 0 Å². The van der Waals surface area contributed by atoms with Gasteiger partial charge in [-0.15, -0.1) is 0 Å². The van der Waals surface area contributed by atoms with Crippen LogP contribution < -0.4 is 5.32 Å². The normalized spacial score (nSPS) is 16.3. The summed E-state index contributed by atoms with van der Waals surface area (Å²) in [7, 11) is 0. The third kappa shape index (κ3) is 4.55. The molecule has 112 valence electrons. The van der Waals surface area contributed by atoms with E-state index in [1.165, 1.54) is 6.42 Å². The highest BCUT2D eigenvalue weighted by Gasteiger charge is 2.16. The van der Waals surface area contributed by atoms with E-state index in [2.05, 4.69) is 5.32 Å². The van der Waals surface area contributed by atoms with E-state index in [9.17, 15) is 9.90 Å². The van der Waals surface area contributed by atoms with Crippen molar-refractivity contribution < 1.29 is 9.90 Å². The number of likely N-dealkylation sites (tertiary alicyclic amines) is 1. The van der Waals surface area contributed by atoms with Gasteiger partial charge in [-0.2, -0.15) is 5.26 Å². The number of amides is 1. The van der Waals surface area contributed by atoms with E-state index in [0.29, 0.717) is 12.1 Å². The highest BCUT2D eigenvalue weighted by molar-refractivity contribution is 5.78. The number of nitrogens with one attached hydrogen (secondary N) is 1. The standard InChI is InChI=1S/C16H21N3O2/c17-10-13-4-6-14(7-5-13)15(20)11-18-12-16(21)19-8-2-1-3-9-19/h4-7,15,18,20H,1-3,8-9,11-12H2. The molecule has 1 aromatic rings. The van der Waals surface area contributed by atoms with Crippen molar-refractivity contribution in [1.82, 2.24) is 10.2 Å². The summed E-state index contributed by atoms with van der Waals surface area (Å²) in [5.41, 5.74) is 1.31. The Morgan fingerprint density at radius 3 is 2.57 bits per heavy atom. The quantitative estimate of drug-likeness (QED) is 0.853. The van der Waals surface area contributed by atoms with Gasteiger partial charge in [0.05, 0.1) is 24.3 Å². The molecule has 0 spiro atoms. The molecule has 1 heterocycles. The molecule has 21 heavy (non-hydrogen) atoms. The fourth-order valence-corrected chi connectivity index (χ4v) is 2.47. The van der Waals surface area contributed by atoms with E-state index in [-0.39, 0.29) is 12.5 Å². The Morgan fingerprint density at radius 1 is 1.29 bits per heavy atom. The summed E-state index contributed by atoms with van der Waals surface area (Å²) >= 11 is 0. The Morgan fingerprint density at radius 2 is 1.95 bits per heavy atom. The fraction of sp³-hybridized carbons (Fsp3) is 0.500. The van der Waals surface area contributed by atoms with Crippen LogP contribution in [0.4, 0.5) is 0 Å². The molecule has 1 atom stereocenters. The summed E-state index contributed by atoms with van der Waals surface area (Å²) in [5.74, 6) is 0.0988. The first kappa shape index (κ1) is 15.5. The van der Waals surface area contributed by atoms with Gasteiger partial charge in [0.2, 0.25) is 5.91 Å². The summed E-state index contributed by atoms with van der Waals surface area (Å²) in [6.45, 7) is 2.27. The van der Waals surface area contributed by atoms with Crippen LogP contribution in [0.3, 0.4) is 0 Å². The molecule has 0 saturated carbocycles. The van der Waals surface area contributed by atoms with Gasteiger partial charge < -0.3 is 15.3 Å². The molecule has 1 amide bonds. The number of hydrogen-bond acceptors (Lipinski definition) is 4. The maximum atomic E-state index is 11.9. The Kier molecular flexibility index (Phi) is 5.73. The predicted octanol–water partition coefficient (Wildman–Crippen LogP) is 1.19. The zero-order chi connectivity index (χ0) is 15.1. The highest BCUT2D eigenvalue weighted by atomic mass is 16.3. The number of carbonyl (C=O) groups is 1. The van der Waals surface area contributed by atoms with Gasteiger partial charge in [-0.3, -0.25) is 4.79 Å². The first-order chi connectivity index (χ1) is 10.2. The summed E-state index contributed by atoms with van der Waals surface area (Å²) in [5, 5.41) is 21.8. The molecule has 2 rings (SSSR count). The molecular formula is C16H21N3O2. The van der Waals surface area contributed by atoms with Crippen LogP contribution in [0, 0.1) is 11.3 Å². The minimum absolute atomic E-state index is 0.0988. The molecule has 0 aliphatic carbocycles. The van der Waals surface area contributed by atoms with Crippen LogP contribution >= 0.6 is 0 Å². The molecule has 2 N–H and O–H groups in total. The smallest absolute Gasteiger partial charge is 0.236 e. The van der Waals surface area contributed by atoms with Crippen molar-refractivity contribution in [2.75, 3.05) is 26.2 Å². The summed E-state index contributed by atoms with van der Waals surface area (Å²) in [6.07, 6.45) is 2.69. The number of carbonyl (C=O) groups excluding carboxylic acids is 1. The van der Waals surface area contributed by atoms with Crippen molar-refractivity contribution in [2.45, 2.75) is 25.4 Å². The van der Waals surface area contributed by atoms with Gasteiger partial charge in [0.1, 0.15) is 0 Å². The second-order valence-electron chi connectivity index (χ2n) is 5.32. The molecule has 0 aromatic heterocycles. The summed E-state index contributed by atoms with van der Waals surface area (Å²) in [6, 6.07) is 8.86. The number of nitrogens with zero attached hydrogens (tertiary/aromatic N) is 2. The van der Waals surface area contributed by atoms with E-state index in [0.717, 1.165) is 31.5 Å². The maximum Gasteiger partial charge on any atom is 0.236 e. The number of rotatable bonds is 5. The van der Waals surface area contributed by atoms with Crippen molar-refractivity contribution in [3.05, 3.63) is 35.4 Å². The van der Waals surface area contributed by atoms with Crippen LogP contribution in [-0.4, -0.2) is 42.1 Å². The number of hydrogen-bond donors (Lipinski definition) is 2. The molecule has 5 nitrogen and oxygen atoms in total. The molecule has 1 saturated heterocycles. The lowest BCUT2D eigenvalue weighted by atomic mass is 10.1. The number of nitriles is 1. The molecule has 0 bridgehead atoms. The van der Waals surface area contributed by atoms with Gasteiger partial charge in [0, 0.05) is 19.6 Å². The third-order valence-electron chi connectivity index (χ3n) is 3.75. The maximum absolute atomic E-state index is 11.9. The van der Waals surface area contributed by atoms with Crippen LogP contribution in [-0.2, 0) is 4.79 Å². The largest absolute Gasteiger partial charge is 0.387 e. The van der Waals surface area contributed by atoms with Crippen LogP contribution in [0.2, 0.25) is 0 Å². The van der Waals surface area contributed by atoms with Crippen molar-refractivity contribution in [3.63, 3.8) is 0 Å². The molecule has 5 heteroatoms. The van der Waals surface area contributed by atoms with Crippen LogP contribution in [0.1, 0.15) is 36.5 Å². The third-order valence-corrected chi connectivity index (χ3v) is 3.75. The second kappa shape index (κ2) is 7.77. The molecule has 1 unspecified atom stereocenters. The molecule has 0 radical (unpaired) electrons. The Labute approximate surface area is 125 Å². The van der Waals surface area contributed by atoms with Crippen molar-refractivity contribution in [3.8, 4) is 6.07 Å². The minimum Gasteiger partial charge on any atom is -0.387 e. The zero-order valence-corrected chi connectivity index (χ0v) is 12.1. The van der Waals surface area contributed by atoms with E-state index in [1.807, 2.05) is 11.0 Å². The number of benzene rings is 1. The average molecular weight is 287 g/mol. The van der Waals surface area contributed by atoms with E-state index >= 15 is 0 Å². The van der Waals surface area contributed by atoms with Gasteiger partial charge in [-0.1, -0.05) is 12.1 Å². The van der Waals surface area contributed by atoms with E-state index in [1.54, 1.807) is 24.3 Å². The first-order valence-electron chi connectivity index (χ1n) is 7.37. The molecule has 1 aromatic carbocycles.